The van der Waals surface area contributed by atoms with Crippen molar-refractivity contribution < 1.29 is 14.3 Å². The first-order chi connectivity index (χ1) is 14.1. The molecule has 0 unspecified atom stereocenters. The predicted molar refractivity (Wildman–Crippen MR) is 110 cm³/mol. The number of methoxy groups -OCH3 is 1. The number of ether oxygens (including phenoxy) is 2. The van der Waals surface area contributed by atoms with E-state index in [1.165, 1.54) is 11.3 Å². The van der Waals surface area contributed by atoms with Crippen LogP contribution in [0.1, 0.15) is 21.7 Å². The van der Waals surface area contributed by atoms with E-state index in [1.54, 1.807) is 17.9 Å². The van der Waals surface area contributed by atoms with Gasteiger partial charge in [-0.25, -0.2) is 9.97 Å². The van der Waals surface area contributed by atoms with Crippen molar-refractivity contribution in [3.8, 4) is 28.1 Å². The molecular weight excluding hydrogens is 388 g/mol. The number of aromatic nitrogens is 4. The number of nitrogens with zero attached hydrogens (tertiary/aromatic N) is 4. The minimum Gasteiger partial charge on any atom is -0.497 e. The van der Waals surface area contributed by atoms with Gasteiger partial charge >= 0.3 is 0 Å². The zero-order valence-corrected chi connectivity index (χ0v) is 16.7. The number of benzene rings is 1. The highest BCUT2D eigenvalue weighted by Gasteiger charge is 2.15. The third kappa shape index (κ3) is 4.33. The summed E-state index contributed by atoms with van der Waals surface area (Å²) in [6.45, 7) is 2.43. The van der Waals surface area contributed by atoms with Gasteiger partial charge in [-0.2, -0.15) is 5.10 Å². The van der Waals surface area contributed by atoms with Gasteiger partial charge in [-0.15, -0.1) is 0 Å². The van der Waals surface area contributed by atoms with Crippen LogP contribution in [0.25, 0.3) is 11.3 Å². The molecule has 0 radical (unpaired) electrons. The van der Waals surface area contributed by atoms with Crippen LogP contribution in [0.5, 0.6) is 16.8 Å². The molecular formula is C21H18N4O3S. The van der Waals surface area contributed by atoms with Crippen LogP contribution in [0.3, 0.4) is 0 Å². The maximum atomic E-state index is 11.5. The van der Waals surface area contributed by atoms with Crippen LogP contribution in [-0.4, -0.2) is 33.1 Å². The molecule has 3 heterocycles. The summed E-state index contributed by atoms with van der Waals surface area (Å²) >= 11 is 1.34. The summed E-state index contributed by atoms with van der Waals surface area (Å²) < 4.78 is 12.6. The second-order valence-electron chi connectivity index (χ2n) is 6.31. The molecule has 8 heteroatoms. The van der Waals surface area contributed by atoms with Crippen LogP contribution in [0.4, 0.5) is 0 Å². The third-order valence-corrected chi connectivity index (χ3v) is 4.94. The average molecular weight is 406 g/mol. The van der Waals surface area contributed by atoms with Crippen LogP contribution >= 0.6 is 11.3 Å². The molecule has 0 bridgehead atoms. The number of pyridine rings is 1. The SMILES string of the molecule is COc1ccc(Cn2cc(-c3csc(Oc4cccc(C)n4)n3)c(C=O)n2)cc1. The van der Waals surface area contributed by atoms with E-state index < -0.39 is 0 Å². The highest BCUT2D eigenvalue weighted by Crippen LogP contribution is 2.30. The average Bonchev–Trinajstić information content (AvgIpc) is 3.35. The van der Waals surface area contributed by atoms with E-state index in [4.69, 9.17) is 9.47 Å². The molecule has 0 amide bonds. The molecule has 0 saturated heterocycles. The van der Waals surface area contributed by atoms with E-state index in [-0.39, 0.29) is 0 Å². The van der Waals surface area contributed by atoms with Gasteiger partial charge in [-0.05, 0) is 30.7 Å². The molecule has 4 rings (SSSR count). The summed E-state index contributed by atoms with van der Waals surface area (Å²) in [4.78, 5) is 20.3. The largest absolute Gasteiger partial charge is 0.497 e. The Labute approximate surface area is 171 Å². The Bertz CT molecular complexity index is 1140. The summed E-state index contributed by atoms with van der Waals surface area (Å²) in [5, 5.41) is 6.67. The summed E-state index contributed by atoms with van der Waals surface area (Å²) in [5.74, 6) is 1.28. The second-order valence-corrected chi connectivity index (χ2v) is 7.13. The number of carbonyl (C=O) groups excluding carboxylic acids is 1. The van der Waals surface area contributed by atoms with Gasteiger partial charge in [-0.1, -0.05) is 29.5 Å². The fraction of sp³-hybridized carbons (Fsp3) is 0.143. The summed E-state index contributed by atoms with van der Waals surface area (Å²) in [6.07, 6.45) is 2.56. The third-order valence-electron chi connectivity index (χ3n) is 4.22. The number of aryl methyl sites for hydroxylation is 1. The lowest BCUT2D eigenvalue weighted by Crippen LogP contribution is -2.00. The van der Waals surface area contributed by atoms with Crippen LogP contribution < -0.4 is 9.47 Å². The highest BCUT2D eigenvalue weighted by atomic mass is 32.1. The Balaban J connectivity index is 1.55. The van der Waals surface area contributed by atoms with Gasteiger partial charge in [0.2, 0.25) is 5.88 Å². The van der Waals surface area contributed by atoms with Gasteiger partial charge in [0, 0.05) is 28.9 Å². The molecule has 0 aliphatic heterocycles. The molecule has 4 aromatic rings. The summed E-state index contributed by atoms with van der Waals surface area (Å²) in [5.41, 5.74) is 3.55. The fourth-order valence-corrected chi connectivity index (χ4v) is 3.49. The van der Waals surface area contributed by atoms with Crippen molar-refractivity contribution in [1.29, 1.82) is 0 Å². The van der Waals surface area contributed by atoms with Gasteiger partial charge in [0.05, 0.1) is 19.3 Å². The lowest BCUT2D eigenvalue weighted by atomic mass is 10.2. The molecule has 0 saturated carbocycles. The quantitative estimate of drug-likeness (QED) is 0.424. The van der Waals surface area contributed by atoms with Gasteiger partial charge in [0.1, 0.15) is 11.4 Å². The minimum absolute atomic E-state index is 0.337. The Morgan fingerprint density at radius 1 is 1.14 bits per heavy atom. The molecule has 29 heavy (non-hydrogen) atoms. The monoisotopic (exact) mass is 406 g/mol. The molecule has 7 nitrogen and oxygen atoms in total. The maximum absolute atomic E-state index is 11.5. The summed E-state index contributed by atoms with van der Waals surface area (Å²) in [6, 6.07) is 13.3. The van der Waals surface area contributed by atoms with Gasteiger partial charge < -0.3 is 9.47 Å². The lowest BCUT2D eigenvalue weighted by Gasteiger charge is -2.03. The second kappa shape index (κ2) is 8.24. The lowest BCUT2D eigenvalue weighted by molar-refractivity contribution is 0.111. The first-order valence-electron chi connectivity index (χ1n) is 8.87. The normalized spacial score (nSPS) is 10.7. The Morgan fingerprint density at radius 2 is 1.97 bits per heavy atom. The topological polar surface area (TPSA) is 79.1 Å². The minimum atomic E-state index is 0.337. The number of rotatable bonds is 7. The van der Waals surface area contributed by atoms with E-state index in [2.05, 4.69) is 15.1 Å². The molecule has 0 atom stereocenters. The van der Waals surface area contributed by atoms with Crippen LogP contribution in [0.15, 0.2) is 54.0 Å². The molecule has 0 fully saturated rings. The molecule has 0 N–H and O–H groups in total. The predicted octanol–water partition coefficient (Wildman–Crippen LogP) is 4.37. The van der Waals surface area contributed by atoms with Crippen molar-refractivity contribution in [3.63, 3.8) is 0 Å². The Kier molecular flexibility index (Phi) is 5.35. The van der Waals surface area contributed by atoms with Crippen LogP contribution in [0.2, 0.25) is 0 Å². The van der Waals surface area contributed by atoms with Crippen LogP contribution in [-0.2, 0) is 6.54 Å². The number of carbonyl (C=O) groups is 1. The summed E-state index contributed by atoms with van der Waals surface area (Å²) in [7, 11) is 1.63. The van der Waals surface area contributed by atoms with Crippen molar-refractivity contribution in [2.75, 3.05) is 7.11 Å². The number of thiazole rings is 1. The smallest absolute Gasteiger partial charge is 0.280 e. The highest BCUT2D eigenvalue weighted by molar-refractivity contribution is 7.11. The van der Waals surface area contributed by atoms with E-state index in [0.717, 1.165) is 23.3 Å². The van der Waals surface area contributed by atoms with Crippen molar-refractivity contribution in [1.82, 2.24) is 19.7 Å². The zero-order chi connectivity index (χ0) is 20.2. The van der Waals surface area contributed by atoms with Gasteiger partial charge in [0.25, 0.3) is 5.19 Å². The maximum Gasteiger partial charge on any atom is 0.280 e. The number of hydrogen-bond donors (Lipinski definition) is 0. The van der Waals surface area contributed by atoms with Crippen molar-refractivity contribution >= 4 is 17.6 Å². The molecule has 146 valence electrons. The number of hydrogen-bond acceptors (Lipinski definition) is 7. The molecule has 0 aliphatic rings. The van der Waals surface area contributed by atoms with Crippen molar-refractivity contribution in [2.45, 2.75) is 13.5 Å². The Morgan fingerprint density at radius 3 is 2.69 bits per heavy atom. The van der Waals surface area contributed by atoms with E-state index in [9.17, 15) is 4.79 Å². The molecule has 1 aromatic carbocycles. The molecule has 3 aromatic heterocycles. The zero-order valence-electron chi connectivity index (χ0n) is 15.9. The molecule has 0 spiro atoms. The van der Waals surface area contributed by atoms with Crippen molar-refractivity contribution in [2.24, 2.45) is 0 Å². The van der Waals surface area contributed by atoms with E-state index in [0.29, 0.717) is 34.6 Å². The molecule has 0 aliphatic carbocycles. The van der Waals surface area contributed by atoms with E-state index >= 15 is 0 Å². The number of aldehydes is 1. The van der Waals surface area contributed by atoms with Gasteiger partial charge in [-0.3, -0.25) is 9.48 Å². The van der Waals surface area contributed by atoms with Crippen molar-refractivity contribution in [3.05, 3.63) is 71.0 Å². The standard InChI is InChI=1S/C21H18N4O3S/c1-14-4-3-5-20(22-14)28-21-23-19(13-29-21)17-11-25(24-18(17)12-26)10-15-6-8-16(27-2)9-7-15/h3-9,11-13H,10H2,1-2H3. The first kappa shape index (κ1) is 18.8. The van der Waals surface area contributed by atoms with Crippen LogP contribution in [0, 0.1) is 6.92 Å². The fourth-order valence-electron chi connectivity index (χ4n) is 2.81. The Hall–Kier alpha value is -3.52. The first-order valence-corrected chi connectivity index (χ1v) is 9.75. The van der Waals surface area contributed by atoms with Gasteiger partial charge in [0.15, 0.2) is 6.29 Å². The van der Waals surface area contributed by atoms with E-state index in [1.807, 2.05) is 54.9 Å².